The van der Waals surface area contributed by atoms with Crippen molar-refractivity contribution in [2.75, 3.05) is 12.3 Å². The van der Waals surface area contributed by atoms with Crippen molar-refractivity contribution < 1.29 is 18.7 Å². The largest absolute Gasteiger partial charge is 0.460 e. The number of carbonyl (C=O) groups excluding carboxylic acids is 1. The summed E-state index contributed by atoms with van der Waals surface area (Å²) in [4.78, 5) is 25.5. The number of fused-ring (bicyclic) bond motifs is 1. The second-order valence-corrected chi connectivity index (χ2v) is 15.6. The Balaban J connectivity index is 1.51. The number of rotatable bonds is 8. The summed E-state index contributed by atoms with van der Waals surface area (Å²) in [6, 6.07) is 20.9. The quantitative estimate of drug-likeness (QED) is 0.247. The highest BCUT2D eigenvalue weighted by Crippen LogP contribution is 2.39. The third-order valence-corrected chi connectivity index (χ3v) is 12.5. The number of nitrogens with zero attached hydrogens (tertiary/aromatic N) is 4. The van der Waals surface area contributed by atoms with Crippen molar-refractivity contribution in [2.45, 2.75) is 64.5 Å². The number of esters is 1. The van der Waals surface area contributed by atoms with Gasteiger partial charge in [0.15, 0.2) is 5.65 Å². The summed E-state index contributed by atoms with van der Waals surface area (Å²) in [5, 5.41) is 2.13. The van der Waals surface area contributed by atoms with Gasteiger partial charge in [0.05, 0.1) is 18.6 Å². The zero-order valence-electron chi connectivity index (χ0n) is 24.2. The molecular formula is C31H37N5O4Si. The van der Waals surface area contributed by atoms with Crippen LogP contribution in [0.2, 0.25) is 5.04 Å². The first-order chi connectivity index (χ1) is 19.6. The van der Waals surface area contributed by atoms with Crippen LogP contribution >= 0.6 is 0 Å². The lowest BCUT2D eigenvalue weighted by atomic mass is 10.2. The molecule has 0 spiro atoms. The van der Waals surface area contributed by atoms with Gasteiger partial charge in [0.2, 0.25) is 5.95 Å². The highest BCUT2D eigenvalue weighted by Gasteiger charge is 2.51. The molecule has 41 heavy (non-hydrogen) atoms. The number of anilines is 1. The number of hydrogen-bond donors (Lipinski definition) is 1. The molecule has 0 bridgehead atoms. The number of hydrogen-bond acceptors (Lipinski definition) is 8. The molecule has 2 aromatic carbocycles. The van der Waals surface area contributed by atoms with Crippen molar-refractivity contribution in [1.82, 2.24) is 19.5 Å². The minimum absolute atomic E-state index is 0.147. The van der Waals surface area contributed by atoms with E-state index in [1.165, 1.54) is 17.3 Å². The van der Waals surface area contributed by atoms with Gasteiger partial charge >= 0.3 is 5.97 Å². The molecule has 0 aliphatic carbocycles. The monoisotopic (exact) mass is 571 g/mol. The van der Waals surface area contributed by atoms with E-state index in [0.717, 1.165) is 0 Å². The predicted molar refractivity (Wildman–Crippen MR) is 162 cm³/mol. The van der Waals surface area contributed by atoms with E-state index in [-0.39, 0.29) is 23.6 Å². The van der Waals surface area contributed by atoms with E-state index in [0.29, 0.717) is 23.3 Å². The average molecular weight is 572 g/mol. The molecule has 2 N–H and O–H groups in total. The van der Waals surface area contributed by atoms with Crippen molar-refractivity contribution in [3.05, 3.63) is 78.8 Å². The van der Waals surface area contributed by atoms with Gasteiger partial charge in [-0.3, -0.25) is 9.36 Å². The van der Waals surface area contributed by atoms with Crippen LogP contribution in [0.3, 0.4) is 0 Å². The third-order valence-electron chi connectivity index (χ3n) is 7.48. The molecule has 4 aromatic rings. The summed E-state index contributed by atoms with van der Waals surface area (Å²) in [7, 11) is -2.83. The Labute approximate surface area is 241 Å². The molecule has 1 aliphatic heterocycles. The molecule has 3 atom stereocenters. The fraction of sp³-hybridized carbons (Fsp3) is 0.355. The minimum Gasteiger partial charge on any atom is -0.460 e. The molecule has 9 nitrogen and oxygen atoms in total. The Kier molecular flexibility index (Phi) is 8.08. The predicted octanol–water partition coefficient (Wildman–Crippen LogP) is 4.24. The van der Waals surface area contributed by atoms with E-state index in [9.17, 15) is 4.79 Å². The Morgan fingerprint density at radius 3 is 2.29 bits per heavy atom. The summed E-state index contributed by atoms with van der Waals surface area (Å²) in [6.45, 7) is 10.2. The maximum atomic E-state index is 12.1. The van der Waals surface area contributed by atoms with Crippen molar-refractivity contribution in [2.24, 2.45) is 0 Å². The van der Waals surface area contributed by atoms with Gasteiger partial charge in [-0.15, -0.1) is 0 Å². The highest BCUT2D eigenvalue weighted by atomic mass is 28.4. The molecule has 0 amide bonds. The van der Waals surface area contributed by atoms with Gasteiger partial charge in [-0.2, -0.15) is 4.98 Å². The SMILES string of the molecule is CC=Cc1nc(N)nc2c1ncn2[C@H]1C[C@H](OC(C)=O)[C@@H](CO[Si](c2ccccc2)(c2ccccc2)C(C)(C)C)O1. The summed E-state index contributed by atoms with van der Waals surface area (Å²) in [5.74, 6) is -0.222. The van der Waals surface area contributed by atoms with Gasteiger partial charge in [-0.05, 0) is 28.4 Å². The van der Waals surface area contributed by atoms with E-state index in [2.05, 4.69) is 84.3 Å². The second-order valence-electron chi connectivity index (χ2n) is 11.3. The first-order valence-electron chi connectivity index (χ1n) is 13.8. The minimum atomic E-state index is -2.83. The van der Waals surface area contributed by atoms with E-state index in [1.54, 1.807) is 6.33 Å². The summed E-state index contributed by atoms with van der Waals surface area (Å²) in [5.41, 5.74) is 7.84. The second kappa shape index (κ2) is 11.6. The zero-order chi connectivity index (χ0) is 29.2. The van der Waals surface area contributed by atoms with Crippen LogP contribution in [0.1, 0.15) is 53.0 Å². The lowest BCUT2D eigenvalue weighted by Gasteiger charge is -2.43. The number of nitrogens with two attached hydrogens (primary N) is 1. The maximum Gasteiger partial charge on any atom is 0.302 e. The van der Waals surface area contributed by atoms with Crippen LogP contribution in [0, 0.1) is 0 Å². The van der Waals surface area contributed by atoms with Gasteiger partial charge < -0.3 is 19.6 Å². The Morgan fingerprint density at radius 2 is 1.73 bits per heavy atom. The number of ether oxygens (including phenoxy) is 2. The first-order valence-corrected chi connectivity index (χ1v) is 15.8. The normalized spacial score (nSPS) is 19.7. The van der Waals surface area contributed by atoms with Crippen molar-refractivity contribution in [3.63, 3.8) is 0 Å². The number of allylic oxidation sites excluding steroid dienone is 1. The summed E-state index contributed by atoms with van der Waals surface area (Å²) in [6.07, 6.45) is 4.32. The molecule has 214 valence electrons. The van der Waals surface area contributed by atoms with Gasteiger partial charge in [-0.1, -0.05) is 87.5 Å². The summed E-state index contributed by atoms with van der Waals surface area (Å²) >= 11 is 0. The number of benzene rings is 2. The number of carbonyl (C=O) groups is 1. The molecule has 1 saturated heterocycles. The van der Waals surface area contributed by atoms with Gasteiger partial charge in [0.25, 0.3) is 8.32 Å². The van der Waals surface area contributed by atoms with Crippen molar-refractivity contribution in [3.8, 4) is 0 Å². The van der Waals surface area contributed by atoms with Gasteiger partial charge in [0, 0.05) is 13.3 Å². The van der Waals surface area contributed by atoms with Gasteiger partial charge in [-0.25, -0.2) is 9.97 Å². The fourth-order valence-corrected chi connectivity index (χ4v) is 10.3. The first kappa shape index (κ1) is 28.7. The van der Waals surface area contributed by atoms with E-state index >= 15 is 0 Å². The lowest BCUT2D eigenvalue weighted by molar-refractivity contribution is -0.150. The number of nitrogen functional groups attached to an aromatic ring is 1. The molecule has 1 fully saturated rings. The highest BCUT2D eigenvalue weighted by molar-refractivity contribution is 6.99. The van der Waals surface area contributed by atoms with Crippen LogP contribution in [-0.4, -0.2) is 52.6 Å². The molecular weight excluding hydrogens is 534 g/mol. The smallest absolute Gasteiger partial charge is 0.302 e. The van der Waals surface area contributed by atoms with Crippen LogP contribution in [0.25, 0.3) is 17.2 Å². The Bertz CT molecular complexity index is 1500. The van der Waals surface area contributed by atoms with Crippen LogP contribution in [-0.2, 0) is 18.7 Å². The molecule has 0 radical (unpaired) electrons. The van der Waals surface area contributed by atoms with E-state index < -0.39 is 26.8 Å². The van der Waals surface area contributed by atoms with Crippen LogP contribution in [0.5, 0.6) is 0 Å². The molecule has 3 heterocycles. The topological polar surface area (TPSA) is 114 Å². The molecule has 1 aliphatic rings. The lowest BCUT2D eigenvalue weighted by Crippen LogP contribution is -2.67. The average Bonchev–Trinajstić information content (AvgIpc) is 3.53. The number of imidazole rings is 1. The fourth-order valence-electron chi connectivity index (χ4n) is 5.77. The Hall–Kier alpha value is -3.86. The summed E-state index contributed by atoms with van der Waals surface area (Å²) < 4.78 is 21.3. The molecule has 10 heteroatoms. The molecule has 0 saturated carbocycles. The maximum absolute atomic E-state index is 12.1. The van der Waals surface area contributed by atoms with E-state index in [4.69, 9.17) is 19.6 Å². The van der Waals surface area contributed by atoms with Crippen LogP contribution < -0.4 is 16.1 Å². The van der Waals surface area contributed by atoms with Crippen LogP contribution in [0.4, 0.5) is 5.95 Å². The molecule has 5 rings (SSSR count). The van der Waals surface area contributed by atoms with E-state index in [1.807, 2.05) is 35.8 Å². The van der Waals surface area contributed by atoms with Crippen molar-refractivity contribution in [1.29, 1.82) is 0 Å². The number of aromatic nitrogens is 4. The standard InChI is InChI=1S/C31H37N5O4Si/c1-6-13-24-28-29(35-30(32)34-24)36(20-33-28)27-18-25(39-21(2)37)26(40-27)19-38-41(31(3,4)5,22-14-9-7-10-15-22)23-16-11-8-12-17-23/h6-17,20,25-27H,18-19H2,1-5H3,(H2,32,34,35)/t25-,26+,27+/m0/s1. The molecule has 0 unspecified atom stereocenters. The third kappa shape index (κ3) is 5.55. The van der Waals surface area contributed by atoms with Crippen LogP contribution in [0.15, 0.2) is 73.1 Å². The van der Waals surface area contributed by atoms with Crippen molar-refractivity contribution >= 4 is 47.8 Å². The van der Waals surface area contributed by atoms with Gasteiger partial charge in [0.1, 0.15) is 24.0 Å². The Morgan fingerprint density at radius 1 is 1.10 bits per heavy atom. The molecule has 2 aromatic heterocycles. The zero-order valence-corrected chi connectivity index (χ0v) is 25.2.